The van der Waals surface area contributed by atoms with Crippen LogP contribution in [0.3, 0.4) is 0 Å². The predicted octanol–water partition coefficient (Wildman–Crippen LogP) is 8.51. The van der Waals surface area contributed by atoms with Gasteiger partial charge in [0.15, 0.2) is 21.3 Å². The van der Waals surface area contributed by atoms with Gasteiger partial charge in [-0.05, 0) is 99.6 Å². The molecule has 0 aliphatic heterocycles. The number of sulfone groups is 1. The number of carbonyl (C=O) groups excluding carboxylic acids is 1. The Balaban J connectivity index is 1.40. The molecule has 1 fully saturated rings. The molecule has 12 nitrogen and oxygen atoms in total. The minimum Gasteiger partial charge on any atom is -0.346 e. The Bertz CT molecular complexity index is 3190. The summed E-state index contributed by atoms with van der Waals surface area (Å²) < 4.78 is 198. The van der Waals surface area contributed by atoms with Crippen LogP contribution in [-0.2, 0) is 75.5 Å². The smallest absolute Gasteiger partial charge is 0.346 e. The molecule has 364 valence electrons. The minimum atomic E-state index is -5.19. The van der Waals surface area contributed by atoms with Crippen LogP contribution in [0.5, 0.6) is 0 Å². The molecule has 3 aliphatic rings. The molecule has 68 heavy (non-hydrogen) atoms. The van der Waals surface area contributed by atoms with E-state index < -0.39 is 132 Å². The molecule has 0 spiro atoms. The van der Waals surface area contributed by atoms with E-state index in [0.717, 1.165) is 18.4 Å². The number of sulfonamides is 1. The highest BCUT2D eigenvalue weighted by molar-refractivity contribution is 7.93. The molecule has 1 atom stereocenters. The van der Waals surface area contributed by atoms with Gasteiger partial charge in [-0.15, -0.1) is 0 Å². The van der Waals surface area contributed by atoms with Crippen LogP contribution in [0, 0.1) is 23.5 Å². The summed E-state index contributed by atoms with van der Waals surface area (Å²) in [4.78, 5) is 19.0. The zero-order valence-corrected chi connectivity index (χ0v) is 38.3. The SMILES string of the molecule is CC(C)(C#Cc1nc([C@H](Cc2cc(F)cc(F)c2)NC(=O)Cn2nc(C(F)(F)F)c3c2C(F)(F)CC3)c(-c2ccc(Cl)c3c(NS(C)(=O)=O)nn(CC(F)(F)F)c23)c2c1CCC2)S(=O)(=O)C1CC1. The van der Waals surface area contributed by atoms with Crippen LogP contribution in [0.25, 0.3) is 22.0 Å². The van der Waals surface area contributed by atoms with E-state index in [0.29, 0.717) is 41.1 Å². The van der Waals surface area contributed by atoms with Crippen LogP contribution in [-0.4, -0.2) is 69.7 Å². The number of hydrogen-bond donors (Lipinski definition) is 2. The third-order valence-corrected chi connectivity index (χ3v) is 15.6. The van der Waals surface area contributed by atoms with Gasteiger partial charge in [-0.3, -0.25) is 18.9 Å². The highest BCUT2D eigenvalue weighted by Crippen LogP contribution is 2.48. The lowest BCUT2D eigenvalue weighted by Gasteiger charge is -2.25. The molecule has 0 radical (unpaired) electrons. The van der Waals surface area contributed by atoms with Gasteiger partial charge < -0.3 is 5.32 Å². The van der Waals surface area contributed by atoms with Crippen LogP contribution in [0.2, 0.25) is 5.02 Å². The predicted molar refractivity (Wildman–Crippen MR) is 228 cm³/mol. The zero-order valence-electron chi connectivity index (χ0n) is 35.9. The van der Waals surface area contributed by atoms with Crippen LogP contribution < -0.4 is 10.0 Å². The average molecular weight is 1020 g/mol. The summed E-state index contributed by atoms with van der Waals surface area (Å²) in [6.45, 7) is -0.285. The van der Waals surface area contributed by atoms with Crippen LogP contribution >= 0.6 is 11.6 Å². The van der Waals surface area contributed by atoms with Gasteiger partial charge in [0.05, 0.1) is 39.2 Å². The second kappa shape index (κ2) is 16.9. The Morgan fingerprint density at radius 2 is 1.60 bits per heavy atom. The second-order valence-electron chi connectivity index (χ2n) is 17.5. The van der Waals surface area contributed by atoms with Crippen molar-refractivity contribution in [2.24, 2.45) is 0 Å². The van der Waals surface area contributed by atoms with Gasteiger partial charge in [-0.2, -0.15) is 45.3 Å². The van der Waals surface area contributed by atoms with Crippen molar-refractivity contribution in [2.75, 3.05) is 11.0 Å². The van der Waals surface area contributed by atoms with Crippen molar-refractivity contribution in [3.8, 4) is 23.0 Å². The first-order valence-electron chi connectivity index (χ1n) is 20.8. The second-order valence-corrected chi connectivity index (χ2v) is 22.4. The molecule has 0 bridgehead atoms. The normalized spacial score (nSPS) is 16.6. The van der Waals surface area contributed by atoms with Crippen molar-refractivity contribution in [3.63, 3.8) is 0 Å². The fourth-order valence-corrected chi connectivity index (χ4v) is 11.4. The van der Waals surface area contributed by atoms with Crippen molar-refractivity contribution in [3.05, 3.63) is 92.0 Å². The van der Waals surface area contributed by atoms with Crippen molar-refractivity contribution in [2.45, 2.75) is 113 Å². The zero-order chi connectivity index (χ0) is 49.7. The summed E-state index contributed by atoms with van der Waals surface area (Å²) in [5.74, 6) is -2.24. The fourth-order valence-electron chi connectivity index (χ4n) is 8.87. The molecular weight excluding hydrogens is 984 g/mol. The van der Waals surface area contributed by atoms with Crippen molar-refractivity contribution < 1.29 is 65.5 Å². The summed E-state index contributed by atoms with van der Waals surface area (Å²) in [7, 11) is -8.05. The third-order valence-electron chi connectivity index (χ3n) is 11.8. The van der Waals surface area contributed by atoms with Gasteiger partial charge in [0.25, 0.3) is 5.92 Å². The molecule has 25 heteroatoms. The standard InChI is InChI=1S/C43H38ClF10N7O5S2/c1-40(2,68(65,66)24-7-8-24)13-12-30-25-5-4-6-26(25)33(27-9-10-29(44)34-36(27)61(20-42(49,50)51)58-39(34)59-67(3,63)64)35(56-30)31(17-21-15-22(45)18-23(46)16-21)55-32(62)19-60-38-28(11-14-41(38,47)48)37(57-60)43(52,53)54/h9-10,15-16,18,24,31H,4-8,11,14,17,19-20H2,1-3H3,(H,55,62)(H,58,59)/t31-/m0/s1. The molecule has 3 aliphatic carbocycles. The van der Waals surface area contributed by atoms with Crippen molar-refractivity contribution in [1.82, 2.24) is 29.9 Å². The van der Waals surface area contributed by atoms with Gasteiger partial charge in [0.1, 0.15) is 40.9 Å². The van der Waals surface area contributed by atoms with Gasteiger partial charge in [-0.25, -0.2) is 30.6 Å². The molecular formula is C43H38ClF10N7O5S2. The lowest BCUT2D eigenvalue weighted by atomic mass is 9.88. The largest absolute Gasteiger partial charge is 0.435 e. The highest BCUT2D eigenvalue weighted by atomic mass is 35.5. The number of carbonyl (C=O) groups is 1. The van der Waals surface area contributed by atoms with Crippen LogP contribution in [0.15, 0.2) is 30.3 Å². The van der Waals surface area contributed by atoms with Gasteiger partial charge >= 0.3 is 12.4 Å². The molecule has 5 aromatic rings. The van der Waals surface area contributed by atoms with Crippen molar-refractivity contribution >= 4 is 54.1 Å². The maximum atomic E-state index is 15.2. The number of pyridine rings is 1. The first kappa shape index (κ1) is 49.0. The Hall–Kier alpha value is -5.41. The molecule has 0 unspecified atom stereocenters. The maximum Gasteiger partial charge on any atom is 0.435 e. The molecule has 3 aromatic heterocycles. The Kier molecular flexibility index (Phi) is 12.2. The van der Waals surface area contributed by atoms with E-state index in [4.69, 9.17) is 16.6 Å². The van der Waals surface area contributed by atoms with Crippen molar-refractivity contribution in [1.29, 1.82) is 0 Å². The molecule has 2 aromatic carbocycles. The summed E-state index contributed by atoms with van der Waals surface area (Å²) >= 11 is 6.59. The number of amides is 1. The number of fused-ring (bicyclic) bond motifs is 3. The average Bonchev–Trinajstić information content (AvgIpc) is 3.50. The van der Waals surface area contributed by atoms with Crippen LogP contribution in [0.4, 0.5) is 49.7 Å². The molecule has 3 heterocycles. The summed E-state index contributed by atoms with van der Waals surface area (Å²) in [6.07, 6.45) is -10.2. The molecule has 8 rings (SSSR count). The Morgan fingerprint density at radius 1 is 0.941 bits per heavy atom. The highest BCUT2D eigenvalue weighted by Gasteiger charge is 2.50. The van der Waals surface area contributed by atoms with E-state index >= 15 is 8.78 Å². The van der Waals surface area contributed by atoms with E-state index in [2.05, 4.69) is 32.1 Å². The molecule has 1 amide bonds. The number of aromatic nitrogens is 5. The maximum absolute atomic E-state index is 15.2. The monoisotopic (exact) mass is 1020 g/mol. The fraction of sp³-hybridized carbons (Fsp3) is 0.442. The van der Waals surface area contributed by atoms with E-state index in [9.17, 15) is 56.8 Å². The quantitative estimate of drug-likeness (QED) is 0.0931. The number of hydrogen-bond acceptors (Lipinski definition) is 8. The number of anilines is 1. The number of benzene rings is 2. The number of halogens is 11. The van der Waals surface area contributed by atoms with E-state index in [1.165, 1.54) is 26.0 Å². The van der Waals surface area contributed by atoms with Gasteiger partial charge in [0, 0.05) is 29.2 Å². The van der Waals surface area contributed by atoms with Gasteiger partial charge in [-0.1, -0.05) is 23.6 Å². The molecule has 2 N–H and O–H groups in total. The van der Waals surface area contributed by atoms with Gasteiger partial charge in [0.2, 0.25) is 15.9 Å². The molecule has 0 saturated heterocycles. The number of rotatable bonds is 12. The first-order chi connectivity index (χ1) is 31.4. The summed E-state index contributed by atoms with van der Waals surface area (Å²) in [5.41, 5.74) is -3.94. The lowest BCUT2D eigenvalue weighted by Crippen LogP contribution is -2.35. The number of nitrogens with one attached hydrogen (secondary N) is 2. The van der Waals surface area contributed by atoms with E-state index in [1.807, 2.05) is 0 Å². The lowest BCUT2D eigenvalue weighted by molar-refractivity contribution is -0.142. The number of alkyl halides is 8. The summed E-state index contributed by atoms with van der Waals surface area (Å²) in [5, 5.41) is 8.62. The topological polar surface area (TPSA) is 158 Å². The number of nitrogens with zero attached hydrogens (tertiary/aromatic N) is 5. The third kappa shape index (κ3) is 9.61. The first-order valence-corrected chi connectivity index (χ1v) is 24.6. The van der Waals surface area contributed by atoms with Crippen LogP contribution in [0.1, 0.15) is 90.6 Å². The molecule has 1 saturated carbocycles. The Labute approximate surface area is 386 Å². The van der Waals surface area contributed by atoms with E-state index in [1.54, 1.807) is 0 Å². The van der Waals surface area contributed by atoms with E-state index in [-0.39, 0.29) is 56.0 Å². The Morgan fingerprint density at radius 3 is 2.22 bits per heavy atom. The minimum absolute atomic E-state index is 0.0307. The summed E-state index contributed by atoms with van der Waals surface area (Å²) in [6, 6.07) is 3.10.